The molecule has 1 aliphatic heterocycles. The molecule has 4 rings (SSSR count). The Bertz CT molecular complexity index is 1340. The molecule has 1 aliphatic rings. The van der Waals surface area contributed by atoms with Crippen LogP contribution in [0.1, 0.15) is 43.5 Å². The van der Waals surface area contributed by atoms with Gasteiger partial charge in [0.2, 0.25) is 5.78 Å². The maximum atomic E-state index is 13.4. The standard InChI is InChI=1S/C26H21NO7/c1-13-7-8-15(11-14(13)2)27-25(32)23(31)21(22(30)19-10-9-16(28)12-20(19)29)24-17-5-3-4-6-18(17)26(33)34-24/h3-12,21,24,28-29H,1-2H3,(H,27,32)/t21-,24-/m1/s1. The van der Waals surface area contributed by atoms with E-state index in [2.05, 4.69) is 5.32 Å². The molecule has 8 nitrogen and oxygen atoms in total. The number of ketones is 2. The largest absolute Gasteiger partial charge is 0.508 e. The van der Waals surface area contributed by atoms with Crippen molar-refractivity contribution in [2.75, 3.05) is 5.32 Å². The summed E-state index contributed by atoms with van der Waals surface area (Å²) in [5.41, 5.74) is 2.43. The Morgan fingerprint density at radius 3 is 2.38 bits per heavy atom. The molecule has 1 heterocycles. The van der Waals surface area contributed by atoms with Gasteiger partial charge in [-0.3, -0.25) is 14.4 Å². The molecule has 8 heteroatoms. The van der Waals surface area contributed by atoms with Crippen molar-refractivity contribution in [2.45, 2.75) is 20.0 Å². The second kappa shape index (κ2) is 8.82. The summed E-state index contributed by atoms with van der Waals surface area (Å²) in [4.78, 5) is 52.1. The van der Waals surface area contributed by atoms with E-state index in [1.807, 2.05) is 13.8 Å². The van der Waals surface area contributed by atoms with Crippen LogP contribution in [0.2, 0.25) is 0 Å². The number of aryl methyl sites for hydroxylation is 2. The number of Topliss-reactive ketones (excluding diaryl/α,β-unsaturated/α-hetero) is 2. The van der Waals surface area contributed by atoms with E-state index in [-0.39, 0.29) is 22.4 Å². The van der Waals surface area contributed by atoms with E-state index in [0.29, 0.717) is 5.69 Å². The molecular weight excluding hydrogens is 438 g/mol. The molecule has 3 aromatic carbocycles. The van der Waals surface area contributed by atoms with Gasteiger partial charge in [-0.15, -0.1) is 0 Å². The molecule has 34 heavy (non-hydrogen) atoms. The van der Waals surface area contributed by atoms with Crippen LogP contribution < -0.4 is 5.32 Å². The minimum absolute atomic E-state index is 0.183. The van der Waals surface area contributed by atoms with Gasteiger partial charge in [-0.1, -0.05) is 24.3 Å². The predicted octanol–water partition coefficient (Wildman–Crippen LogP) is 3.63. The second-order valence-electron chi connectivity index (χ2n) is 8.07. The van der Waals surface area contributed by atoms with E-state index in [0.717, 1.165) is 29.3 Å². The molecule has 3 N–H and O–H groups in total. The lowest BCUT2D eigenvalue weighted by molar-refractivity contribution is -0.138. The number of fused-ring (bicyclic) bond motifs is 1. The highest BCUT2D eigenvalue weighted by atomic mass is 16.5. The summed E-state index contributed by atoms with van der Waals surface area (Å²) in [7, 11) is 0. The van der Waals surface area contributed by atoms with Gasteiger partial charge in [0.15, 0.2) is 5.78 Å². The topological polar surface area (TPSA) is 130 Å². The summed E-state index contributed by atoms with van der Waals surface area (Å²) in [6.45, 7) is 3.75. The van der Waals surface area contributed by atoms with Crippen molar-refractivity contribution in [3.05, 3.63) is 88.5 Å². The van der Waals surface area contributed by atoms with Crippen molar-refractivity contribution in [3.63, 3.8) is 0 Å². The zero-order chi connectivity index (χ0) is 24.6. The normalized spacial score (nSPS) is 15.2. The lowest BCUT2D eigenvalue weighted by Crippen LogP contribution is -2.38. The molecule has 0 spiro atoms. The molecule has 0 bridgehead atoms. The predicted molar refractivity (Wildman–Crippen MR) is 122 cm³/mol. The van der Waals surface area contributed by atoms with E-state index in [1.54, 1.807) is 30.3 Å². The molecule has 0 unspecified atom stereocenters. The van der Waals surface area contributed by atoms with E-state index >= 15 is 0 Å². The van der Waals surface area contributed by atoms with Crippen molar-refractivity contribution >= 4 is 29.1 Å². The minimum atomic E-state index is -1.76. The quantitative estimate of drug-likeness (QED) is 0.222. The van der Waals surface area contributed by atoms with Crippen LogP contribution in [0.3, 0.4) is 0 Å². The number of aromatic hydroxyl groups is 2. The van der Waals surface area contributed by atoms with E-state index in [4.69, 9.17) is 4.74 Å². The number of rotatable bonds is 6. The zero-order valence-corrected chi connectivity index (χ0v) is 18.4. The monoisotopic (exact) mass is 459 g/mol. The Hall–Kier alpha value is -4.46. The molecule has 172 valence electrons. The number of phenolic OH excluding ortho intramolecular Hbond substituents is 2. The minimum Gasteiger partial charge on any atom is -0.508 e. The molecule has 0 radical (unpaired) electrons. The molecule has 1 amide bonds. The van der Waals surface area contributed by atoms with Crippen LogP contribution in [0.5, 0.6) is 11.5 Å². The van der Waals surface area contributed by atoms with E-state index in [9.17, 15) is 29.4 Å². The second-order valence-corrected chi connectivity index (χ2v) is 8.07. The van der Waals surface area contributed by atoms with Gasteiger partial charge in [0.05, 0.1) is 11.1 Å². The molecule has 0 saturated carbocycles. The number of amides is 1. The van der Waals surface area contributed by atoms with Crippen LogP contribution in [0.4, 0.5) is 5.69 Å². The van der Waals surface area contributed by atoms with Crippen LogP contribution in [-0.2, 0) is 14.3 Å². The summed E-state index contributed by atoms with van der Waals surface area (Å²) in [6.07, 6.45) is -1.36. The van der Waals surface area contributed by atoms with Gasteiger partial charge >= 0.3 is 5.97 Å². The van der Waals surface area contributed by atoms with Gasteiger partial charge in [0.25, 0.3) is 5.91 Å². The number of benzene rings is 3. The number of carbonyl (C=O) groups excluding carboxylic acids is 4. The number of hydrogen-bond acceptors (Lipinski definition) is 7. The third-order valence-corrected chi connectivity index (χ3v) is 5.82. The average molecular weight is 459 g/mol. The summed E-state index contributed by atoms with van der Waals surface area (Å²) in [5.74, 6) is -6.47. The molecule has 0 aliphatic carbocycles. The van der Waals surface area contributed by atoms with Crippen molar-refractivity contribution in [3.8, 4) is 11.5 Å². The highest BCUT2D eigenvalue weighted by Gasteiger charge is 2.46. The maximum absolute atomic E-state index is 13.4. The first-order valence-corrected chi connectivity index (χ1v) is 10.5. The van der Waals surface area contributed by atoms with Gasteiger partial charge in [-0.25, -0.2) is 4.79 Å². The Morgan fingerprint density at radius 1 is 0.941 bits per heavy atom. The fourth-order valence-electron chi connectivity index (χ4n) is 3.86. The summed E-state index contributed by atoms with van der Waals surface area (Å²) in [5, 5.41) is 22.3. The number of hydrogen-bond donors (Lipinski definition) is 3. The van der Waals surface area contributed by atoms with Gasteiger partial charge in [-0.05, 0) is 55.3 Å². The smallest absolute Gasteiger partial charge is 0.339 e. The van der Waals surface area contributed by atoms with Crippen LogP contribution >= 0.6 is 0 Å². The number of cyclic esters (lactones) is 1. The van der Waals surface area contributed by atoms with Crippen molar-refractivity contribution < 1.29 is 34.1 Å². The lowest BCUT2D eigenvalue weighted by Gasteiger charge is -2.21. The Balaban J connectivity index is 1.73. The first-order chi connectivity index (χ1) is 16.2. The molecule has 0 saturated heterocycles. The average Bonchev–Trinajstić information content (AvgIpc) is 3.12. The third-order valence-electron chi connectivity index (χ3n) is 5.82. The molecule has 0 aromatic heterocycles. The van der Waals surface area contributed by atoms with Gasteiger partial charge in [0, 0.05) is 17.3 Å². The Labute approximate surface area is 194 Å². The number of esters is 1. The molecule has 0 fully saturated rings. The van der Waals surface area contributed by atoms with Crippen LogP contribution in [0.15, 0.2) is 60.7 Å². The van der Waals surface area contributed by atoms with Gasteiger partial charge in [0.1, 0.15) is 23.5 Å². The van der Waals surface area contributed by atoms with Crippen molar-refractivity contribution in [1.29, 1.82) is 0 Å². The van der Waals surface area contributed by atoms with Crippen molar-refractivity contribution in [2.24, 2.45) is 5.92 Å². The highest BCUT2D eigenvalue weighted by Crippen LogP contribution is 2.39. The maximum Gasteiger partial charge on any atom is 0.339 e. The highest BCUT2D eigenvalue weighted by molar-refractivity contribution is 6.45. The zero-order valence-electron chi connectivity index (χ0n) is 18.4. The first-order valence-electron chi connectivity index (χ1n) is 10.5. The summed E-state index contributed by atoms with van der Waals surface area (Å²) in [6, 6.07) is 14.6. The lowest BCUT2D eigenvalue weighted by atomic mass is 9.84. The van der Waals surface area contributed by atoms with Crippen LogP contribution in [0.25, 0.3) is 0 Å². The van der Waals surface area contributed by atoms with E-state index < -0.39 is 41.2 Å². The van der Waals surface area contributed by atoms with Gasteiger partial charge in [-0.2, -0.15) is 0 Å². The molecule has 3 aromatic rings. The molecular formula is C26H21NO7. The van der Waals surface area contributed by atoms with Crippen molar-refractivity contribution in [1.82, 2.24) is 0 Å². The first kappa shape index (κ1) is 22.7. The van der Waals surface area contributed by atoms with Crippen LogP contribution in [-0.4, -0.2) is 33.7 Å². The number of phenols is 2. The van der Waals surface area contributed by atoms with Gasteiger partial charge < -0.3 is 20.3 Å². The number of carbonyl (C=O) groups is 4. The fraction of sp³-hybridized carbons (Fsp3) is 0.154. The number of anilines is 1. The Morgan fingerprint density at radius 2 is 1.68 bits per heavy atom. The Kier molecular flexibility index (Phi) is 5.89. The SMILES string of the molecule is Cc1ccc(NC(=O)C(=O)[C@@H](C(=O)c2ccc(O)cc2O)[C@@H]2OC(=O)c3ccccc32)cc1C. The molecule has 2 atom stereocenters. The fourth-order valence-corrected chi connectivity index (χ4v) is 3.86. The third kappa shape index (κ3) is 4.13. The summed E-state index contributed by atoms with van der Waals surface area (Å²) < 4.78 is 5.36. The summed E-state index contributed by atoms with van der Waals surface area (Å²) >= 11 is 0. The van der Waals surface area contributed by atoms with E-state index in [1.165, 1.54) is 12.1 Å². The number of nitrogens with one attached hydrogen (secondary N) is 1. The van der Waals surface area contributed by atoms with Crippen LogP contribution in [0, 0.1) is 19.8 Å². The number of ether oxygens (including phenoxy) is 1.